The highest BCUT2D eigenvalue weighted by molar-refractivity contribution is 5.84. The smallest absolute Gasteiger partial charge is 0.413 e. The van der Waals surface area contributed by atoms with Crippen molar-refractivity contribution < 1.29 is 23.8 Å². The number of benzene rings is 3. The van der Waals surface area contributed by atoms with Gasteiger partial charge in [-0.15, -0.1) is 5.10 Å². The maximum atomic E-state index is 13.0. The number of halogens is 1. The molecular formula is C25H21FN4O4. The Balaban J connectivity index is 1.45. The summed E-state index contributed by atoms with van der Waals surface area (Å²) in [6, 6.07) is 20.5. The molecule has 172 valence electrons. The third-order valence-electron chi connectivity index (χ3n) is 5.10. The van der Waals surface area contributed by atoms with Crippen molar-refractivity contribution in [3.8, 4) is 16.8 Å². The number of carbonyl (C=O) groups excluding carboxylic acids is 1. The van der Waals surface area contributed by atoms with E-state index in [0.717, 1.165) is 16.7 Å². The first kappa shape index (κ1) is 22.7. The zero-order valence-electron chi connectivity index (χ0n) is 18.2. The van der Waals surface area contributed by atoms with Crippen molar-refractivity contribution in [2.24, 2.45) is 0 Å². The van der Waals surface area contributed by atoms with Crippen molar-refractivity contribution >= 4 is 17.9 Å². The number of aryl methyl sites for hydroxylation is 1. The number of rotatable bonds is 7. The van der Waals surface area contributed by atoms with Gasteiger partial charge in [-0.05, 0) is 53.4 Å². The zero-order chi connectivity index (χ0) is 24.1. The SMILES string of the molecule is Cc1nnn(-c2ccc(-c3ccc(CC(=O)O)cc3)cc2)c1NC(=O)OCc1ccc(F)cc1. The molecule has 0 atom stereocenters. The number of carboxylic acid groups (broad SMARTS) is 1. The summed E-state index contributed by atoms with van der Waals surface area (Å²) in [4.78, 5) is 23.2. The lowest BCUT2D eigenvalue weighted by Crippen LogP contribution is -2.17. The van der Waals surface area contributed by atoms with E-state index in [0.29, 0.717) is 22.8 Å². The average molecular weight is 460 g/mol. The maximum absolute atomic E-state index is 13.0. The van der Waals surface area contributed by atoms with Crippen molar-refractivity contribution in [1.82, 2.24) is 15.0 Å². The van der Waals surface area contributed by atoms with Crippen LogP contribution in [0.1, 0.15) is 16.8 Å². The van der Waals surface area contributed by atoms with Gasteiger partial charge in [-0.3, -0.25) is 10.1 Å². The Morgan fingerprint density at radius 2 is 1.53 bits per heavy atom. The van der Waals surface area contributed by atoms with E-state index in [4.69, 9.17) is 9.84 Å². The molecular weight excluding hydrogens is 439 g/mol. The number of carbonyl (C=O) groups is 2. The van der Waals surface area contributed by atoms with Crippen molar-refractivity contribution in [3.63, 3.8) is 0 Å². The third kappa shape index (κ3) is 5.44. The Morgan fingerprint density at radius 1 is 0.941 bits per heavy atom. The van der Waals surface area contributed by atoms with E-state index in [9.17, 15) is 14.0 Å². The predicted molar refractivity (Wildman–Crippen MR) is 123 cm³/mol. The van der Waals surface area contributed by atoms with E-state index >= 15 is 0 Å². The summed E-state index contributed by atoms with van der Waals surface area (Å²) in [7, 11) is 0. The molecule has 0 aliphatic rings. The van der Waals surface area contributed by atoms with Gasteiger partial charge in [-0.1, -0.05) is 53.7 Å². The highest BCUT2D eigenvalue weighted by Gasteiger charge is 2.15. The topological polar surface area (TPSA) is 106 Å². The normalized spacial score (nSPS) is 10.6. The van der Waals surface area contributed by atoms with Crippen LogP contribution in [0.2, 0.25) is 0 Å². The highest BCUT2D eigenvalue weighted by atomic mass is 19.1. The minimum absolute atomic E-state index is 0.00726. The number of hydrogen-bond acceptors (Lipinski definition) is 5. The van der Waals surface area contributed by atoms with Gasteiger partial charge in [0.15, 0.2) is 5.82 Å². The van der Waals surface area contributed by atoms with Crippen LogP contribution in [0.5, 0.6) is 0 Å². The molecule has 8 nitrogen and oxygen atoms in total. The second-order valence-corrected chi connectivity index (χ2v) is 7.58. The highest BCUT2D eigenvalue weighted by Crippen LogP contribution is 2.24. The molecule has 0 spiro atoms. The summed E-state index contributed by atoms with van der Waals surface area (Å²) in [6.45, 7) is 1.71. The molecule has 34 heavy (non-hydrogen) atoms. The fourth-order valence-corrected chi connectivity index (χ4v) is 3.33. The molecule has 0 aliphatic carbocycles. The van der Waals surface area contributed by atoms with Crippen molar-refractivity contribution in [1.29, 1.82) is 0 Å². The molecule has 4 aromatic rings. The minimum Gasteiger partial charge on any atom is -0.481 e. The van der Waals surface area contributed by atoms with Crippen molar-refractivity contribution in [2.45, 2.75) is 20.0 Å². The van der Waals surface area contributed by atoms with Crippen molar-refractivity contribution in [3.05, 3.63) is 95.4 Å². The second-order valence-electron chi connectivity index (χ2n) is 7.58. The van der Waals surface area contributed by atoms with E-state index in [1.54, 1.807) is 31.2 Å². The number of nitrogens with one attached hydrogen (secondary N) is 1. The van der Waals surface area contributed by atoms with E-state index in [1.807, 2.05) is 36.4 Å². The first-order valence-corrected chi connectivity index (χ1v) is 10.4. The van der Waals surface area contributed by atoms with Crippen LogP contribution in [0.3, 0.4) is 0 Å². The molecule has 0 radical (unpaired) electrons. The van der Waals surface area contributed by atoms with Gasteiger partial charge in [0.25, 0.3) is 0 Å². The monoisotopic (exact) mass is 460 g/mol. The van der Waals surface area contributed by atoms with Gasteiger partial charge in [0, 0.05) is 0 Å². The Hall–Kier alpha value is -4.53. The molecule has 9 heteroatoms. The number of aliphatic carboxylic acids is 1. The Morgan fingerprint density at radius 3 is 2.15 bits per heavy atom. The molecule has 1 aromatic heterocycles. The van der Waals surface area contributed by atoms with E-state index in [1.165, 1.54) is 16.8 Å². The van der Waals surface area contributed by atoms with Crippen LogP contribution in [0.25, 0.3) is 16.8 Å². The Bertz CT molecular complexity index is 1300. The first-order valence-electron chi connectivity index (χ1n) is 10.4. The fraction of sp³-hybridized carbons (Fsp3) is 0.120. The third-order valence-corrected chi connectivity index (χ3v) is 5.10. The minimum atomic E-state index is -0.871. The Kier molecular flexibility index (Phi) is 6.63. The van der Waals surface area contributed by atoms with Gasteiger partial charge < -0.3 is 9.84 Å². The lowest BCUT2D eigenvalue weighted by molar-refractivity contribution is -0.136. The standard InChI is InChI=1S/C25H21FN4O4/c1-16-24(27-25(33)34-15-18-4-10-21(26)11-5-18)30(29-28-16)22-12-8-20(9-13-22)19-6-2-17(3-7-19)14-23(31)32/h2-13H,14-15H2,1H3,(H,27,33)(H,31,32). The fourth-order valence-electron chi connectivity index (χ4n) is 3.33. The van der Waals surface area contributed by atoms with E-state index in [2.05, 4.69) is 15.6 Å². The second kappa shape index (κ2) is 9.95. The van der Waals surface area contributed by atoms with E-state index in [-0.39, 0.29) is 18.8 Å². The number of hydrogen-bond donors (Lipinski definition) is 2. The Labute approximate surface area is 194 Å². The molecule has 0 saturated carbocycles. The average Bonchev–Trinajstić information content (AvgIpc) is 3.19. The summed E-state index contributed by atoms with van der Waals surface area (Å²) in [5.41, 5.74) is 4.46. The van der Waals surface area contributed by atoms with Gasteiger partial charge in [-0.25, -0.2) is 9.18 Å². The molecule has 3 aromatic carbocycles. The summed E-state index contributed by atoms with van der Waals surface area (Å²) < 4.78 is 19.7. The maximum Gasteiger partial charge on any atom is 0.413 e. The molecule has 0 aliphatic heterocycles. The number of aromatic nitrogens is 3. The molecule has 2 N–H and O–H groups in total. The lowest BCUT2D eigenvalue weighted by Gasteiger charge is -2.10. The zero-order valence-corrected chi connectivity index (χ0v) is 18.2. The quantitative estimate of drug-likeness (QED) is 0.412. The number of amides is 1. The predicted octanol–water partition coefficient (Wildman–Crippen LogP) is 4.76. The van der Waals surface area contributed by atoms with Gasteiger partial charge in [-0.2, -0.15) is 4.68 Å². The van der Waals surface area contributed by atoms with Crippen LogP contribution in [-0.2, 0) is 22.6 Å². The lowest BCUT2D eigenvalue weighted by atomic mass is 10.0. The number of carboxylic acids is 1. The number of nitrogens with zero attached hydrogens (tertiary/aromatic N) is 3. The molecule has 0 fully saturated rings. The molecule has 1 amide bonds. The van der Waals surface area contributed by atoms with Gasteiger partial charge >= 0.3 is 12.1 Å². The first-order chi connectivity index (χ1) is 16.4. The van der Waals surface area contributed by atoms with Crippen LogP contribution in [0.15, 0.2) is 72.8 Å². The molecule has 0 saturated heterocycles. The van der Waals surface area contributed by atoms with E-state index < -0.39 is 12.1 Å². The molecule has 4 rings (SSSR count). The summed E-state index contributed by atoms with van der Waals surface area (Å²) in [5, 5.41) is 19.7. The van der Waals surface area contributed by atoms with Crippen LogP contribution in [-0.4, -0.2) is 32.2 Å². The van der Waals surface area contributed by atoms with Crippen LogP contribution in [0.4, 0.5) is 15.0 Å². The number of ether oxygens (including phenoxy) is 1. The summed E-state index contributed by atoms with van der Waals surface area (Å²) in [5.74, 6) is -0.862. The molecule has 1 heterocycles. The van der Waals surface area contributed by atoms with Gasteiger partial charge in [0.1, 0.15) is 18.1 Å². The largest absolute Gasteiger partial charge is 0.481 e. The molecule has 0 bridgehead atoms. The molecule has 0 unspecified atom stereocenters. The van der Waals surface area contributed by atoms with Gasteiger partial charge in [0.05, 0.1) is 12.1 Å². The number of anilines is 1. The van der Waals surface area contributed by atoms with Crippen LogP contribution < -0.4 is 5.32 Å². The van der Waals surface area contributed by atoms with Crippen LogP contribution >= 0.6 is 0 Å². The van der Waals surface area contributed by atoms with Crippen molar-refractivity contribution in [2.75, 3.05) is 5.32 Å². The summed E-state index contributed by atoms with van der Waals surface area (Å²) in [6.07, 6.45) is -0.707. The summed E-state index contributed by atoms with van der Waals surface area (Å²) >= 11 is 0. The van der Waals surface area contributed by atoms with Crippen LogP contribution in [0, 0.1) is 12.7 Å². The van der Waals surface area contributed by atoms with Gasteiger partial charge in [0.2, 0.25) is 0 Å².